The van der Waals surface area contributed by atoms with Gasteiger partial charge in [0.1, 0.15) is 11.0 Å². The Labute approximate surface area is 134 Å². The van der Waals surface area contributed by atoms with Crippen LogP contribution in [0.2, 0.25) is 0 Å². The first-order valence-corrected chi connectivity index (χ1v) is 7.51. The Kier molecular flexibility index (Phi) is 6.24. The standard InChI is InChI=1S/C14H23N7O2/c1-15-13-18-9(5-4-7-22)10-11(20-13)12(17-6-8-23-3)21-14(16-2)19-10/h22H,4-8H2,1-3H3,(H,15,18,20)(H2,16,17,19,21). The molecule has 0 aromatic carbocycles. The summed E-state index contributed by atoms with van der Waals surface area (Å²) in [4.78, 5) is 17.9. The molecule has 0 aliphatic heterocycles. The summed E-state index contributed by atoms with van der Waals surface area (Å²) >= 11 is 0. The van der Waals surface area contributed by atoms with Crippen molar-refractivity contribution < 1.29 is 9.84 Å². The van der Waals surface area contributed by atoms with Crippen molar-refractivity contribution in [1.82, 2.24) is 19.9 Å². The first-order valence-electron chi connectivity index (χ1n) is 7.51. The molecule has 9 nitrogen and oxygen atoms in total. The van der Waals surface area contributed by atoms with Gasteiger partial charge < -0.3 is 25.8 Å². The molecule has 0 fully saturated rings. The first-order chi connectivity index (χ1) is 11.2. The van der Waals surface area contributed by atoms with Gasteiger partial charge in [0.25, 0.3) is 0 Å². The van der Waals surface area contributed by atoms with Crippen molar-refractivity contribution in [2.24, 2.45) is 0 Å². The van der Waals surface area contributed by atoms with Gasteiger partial charge in [0.05, 0.1) is 12.3 Å². The highest BCUT2D eigenvalue weighted by molar-refractivity contribution is 5.88. The van der Waals surface area contributed by atoms with Gasteiger partial charge in [-0.05, 0) is 12.8 Å². The number of rotatable bonds is 9. The van der Waals surface area contributed by atoms with Crippen molar-refractivity contribution in [2.75, 3.05) is 56.9 Å². The van der Waals surface area contributed by atoms with Gasteiger partial charge in [0, 0.05) is 34.4 Å². The molecular weight excluding hydrogens is 298 g/mol. The van der Waals surface area contributed by atoms with Gasteiger partial charge in [0.15, 0.2) is 5.82 Å². The van der Waals surface area contributed by atoms with Crippen LogP contribution < -0.4 is 16.0 Å². The van der Waals surface area contributed by atoms with Crippen molar-refractivity contribution >= 4 is 28.7 Å². The second kappa shape index (κ2) is 8.39. The Hall–Kier alpha value is -2.26. The summed E-state index contributed by atoms with van der Waals surface area (Å²) in [5.41, 5.74) is 2.10. The maximum atomic E-state index is 9.09. The Morgan fingerprint density at radius 2 is 1.70 bits per heavy atom. The van der Waals surface area contributed by atoms with Crippen LogP contribution in [0, 0.1) is 0 Å². The summed E-state index contributed by atoms with van der Waals surface area (Å²) in [6.45, 7) is 1.27. The summed E-state index contributed by atoms with van der Waals surface area (Å²) in [7, 11) is 5.17. The average Bonchev–Trinajstić information content (AvgIpc) is 2.59. The van der Waals surface area contributed by atoms with Crippen LogP contribution >= 0.6 is 0 Å². The van der Waals surface area contributed by atoms with Gasteiger partial charge in [-0.25, -0.2) is 15.0 Å². The third kappa shape index (κ3) is 4.14. The van der Waals surface area contributed by atoms with Crippen LogP contribution in [0.15, 0.2) is 0 Å². The molecule has 2 rings (SSSR count). The van der Waals surface area contributed by atoms with Crippen LogP contribution in [0.4, 0.5) is 17.7 Å². The molecule has 2 aromatic rings. The highest BCUT2D eigenvalue weighted by Gasteiger charge is 2.15. The maximum Gasteiger partial charge on any atom is 0.225 e. The summed E-state index contributed by atoms with van der Waals surface area (Å²) in [6, 6.07) is 0. The highest BCUT2D eigenvalue weighted by atomic mass is 16.5. The molecule has 0 amide bonds. The monoisotopic (exact) mass is 321 g/mol. The number of anilines is 3. The quantitative estimate of drug-likeness (QED) is 0.489. The van der Waals surface area contributed by atoms with Crippen molar-refractivity contribution in [1.29, 1.82) is 0 Å². The number of hydrogen-bond acceptors (Lipinski definition) is 9. The number of nitrogens with one attached hydrogen (secondary N) is 3. The molecular formula is C14H23N7O2. The topological polar surface area (TPSA) is 117 Å². The van der Waals surface area contributed by atoms with E-state index in [9.17, 15) is 0 Å². The van der Waals surface area contributed by atoms with E-state index in [0.717, 1.165) is 5.69 Å². The van der Waals surface area contributed by atoms with E-state index in [4.69, 9.17) is 9.84 Å². The van der Waals surface area contributed by atoms with Crippen LogP contribution in [0.1, 0.15) is 12.1 Å². The van der Waals surface area contributed by atoms with E-state index in [0.29, 0.717) is 54.7 Å². The van der Waals surface area contributed by atoms with Gasteiger partial charge in [-0.15, -0.1) is 0 Å². The molecule has 126 valence electrons. The van der Waals surface area contributed by atoms with Gasteiger partial charge in [-0.1, -0.05) is 0 Å². The minimum absolute atomic E-state index is 0.100. The number of nitrogens with zero attached hydrogens (tertiary/aromatic N) is 4. The molecule has 0 radical (unpaired) electrons. The number of hydrogen-bond donors (Lipinski definition) is 4. The lowest BCUT2D eigenvalue weighted by molar-refractivity contribution is 0.210. The SMILES string of the molecule is CNc1nc(NCCOC)c2nc(NC)nc(CCCO)c2n1. The van der Waals surface area contributed by atoms with Crippen molar-refractivity contribution in [3.63, 3.8) is 0 Å². The van der Waals surface area contributed by atoms with Crippen LogP contribution in [-0.2, 0) is 11.2 Å². The fourth-order valence-corrected chi connectivity index (χ4v) is 2.11. The summed E-state index contributed by atoms with van der Waals surface area (Å²) in [6.07, 6.45) is 1.22. The van der Waals surface area contributed by atoms with Crippen LogP contribution in [0.3, 0.4) is 0 Å². The number of ether oxygens (including phenoxy) is 1. The van der Waals surface area contributed by atoms with Crippen LogP contribution in [-0.4, -0.2) is 66.0 Å². The molecule has 0 saturated carbocycles. The van der Waals surface area contributed by atoms with Crippen LogP contribution in [0.5, 0.6) is 0 Å². The lowest BCUT2D eigenvalue weighted by Crippen LogP contribution is -2.13. The van der Waals surface area contributed by atoms with E-state index in [1.165, 1.54) is 0 Å². The molecule has 9 heteroatoms. The number of methoxy groups -OCH3 is 1. The Morgan fingerprint density at radius 3 is 2.35 bits per heavy atom. The lowest BCUT2D eigenvalue weighted by Gasteiger charge is -2.13. The fraction of sp³-hybridized carbons (Fsp3) is 0.571. The lowest BCUT2D eigenvalue weighted by atomic mass is 10.2. The molecule has 0 bridgehead atoms. The predicted molar refractivity (Wildman–Crippen MR) is 90.0 cm³/mol. The number of aromatic nitrogens is 4. The zero-order chi connectivity index (χ0) is 16.7. The minimum atomic E-state index is 0.100. The molecule has 0 atom stereocenters. The normalized spacial score (nSPS) is 10.8. The molecule has 2 heterocycles. The number of aliphatic hydroxyl groups excluding tert-OH is 1. The van der Waals surface area contributed by atoms with Gasteiger partial charge >= 0.3 is 0 Å². The second-order valence-corrected chi connectivity index (χ2v) is 4.83. The fourth-order valence-electron chi connectivity index (χ4n) is 2.11. The number of aliphatic hydroxyl groups is 1. The zero-order valence-corrected chi connectivity index (χ0v) is 13.7. The first kappa shape index (κ1) is 17.1. The minimum Gasteiger partial charge on any atom is -0.396 e. The smallest absolute Gasteiger partial charge is 0.225 e. The van der Waals surface area contributed by atoms with E-state index in [2.05, 4.69) is 35.9 Å². The molecule has 0 spiro atoms. The van der Waals surface area contributed by atoms with Gasteiger partial charge in [0.2, 0.25) is 11.9 Å². The van der Waals surface area contributed by atoms with E-state index in [-0.39, 0.29) is 6.61 Å². The van der Waals surface area contributed by atoms with Crippen molar-refractivity contribution in [3.8, 4) is 0 Å². The molecule has 0 aliphatic rings. The molecule has 4 N–H and O–H groups in total. The predicted octanol–water partition coefficient (Wildman–Crippen LogP) is 0.486. The van der Waals surface area contributed by atoms with Crippen molar-refractivity contribution in [2.45, 2.75) is 12.8 Å². The third-order valence-corrected chi connectivity index (χ3v) is 3.23. The Bertz CT molecular complexity index is 651. The molecule has 23 heavy (non-hydrogen) atoms. The third-order valence-electron chi connectivity index (χ3n) is 3.23. The Morgan fingerprint density at radius 1 is 1.00 bits per heavy atom. The number of fused-ring (bicyclic) bond motifs is 1. The van der Waals surface area contributed by atoms with Crippen molar-refractivity contribution in [3.05, 3.63) is 5.69 Å². The average molecular weight is 321 g/mol. The summed E-state index contributed by atoms with van der Waals surface area (Å²) < 4.78 is 5.06. The Balaban J connectivity index is 2.53. The molecule has 0 aliphatic carbocycles. The summed E-state index contributed by atoms with van der Waals surface area (Å²) in [5.74, 6) is 1.62. The van der Waals surface area contributed by atoms with Gasteiger partial charge in [-0.3, -0.25) is 0 Å². The molecule has 0 saturated heterocycles. The maximum absolute atomic E-state index is 9.09. The number of aryl methyl sites for hydroxylation is 1. The molecule has 2 aromatic heterocycles. The zero-order valence-electron chi connectivity index (χ0n) is 13.7. The van der Waals surface area contributed by atoms with E-state index >= 15 is 0 Å². The van der Waals surface area contributed by atoms with E-state index < -0.39 is 0 Å². The second-order valence-electron chi connectivity index (χ2n) is 4.83. The van der Waals surface area contributed by atoms with E-state index in [1.54, 1.807) is 21.2 Å². The highest BCUT2D eigenvalue weighted by Crippen LogP contribution is 2.24. The molecule has 0 unspecified atom stereocenters. The van der Waals surface area contributed by atoms with Gasteiger partial charge in [-0.2, -0.15) is 4.98 Å². The van der Waals surface area contributed by atoms with E-state index in [1.807, 2.05) is 0 Å². The summed E-state index contributed by atoms with van der Waals surface area (Å²) in [5, 5.41) is 18.2. The van der Waals surface area contributed by atoms with Crippen LogP contribution in [0.25, 0.3) is 11.0 Å². The largest absolute Gasteiger partial charge is 0.396 e.